The second-order valence-corrected chi connectivity index (χ2v) is 6.24. The van der Waals surface area contributed by atoms with Gasteiger partial charge in [0.25, 0.3) is 0 Å². The third-order valence-electron chi connectivity index (χ3n) is 3.55. The van der Waals surface area contributed by atoms with Gasteiger partial charge in [-0.3, -0.25) is 0 Å². The van der Waals surface area contributed by atoms with E-state index in [9.17, 15) is 4.39 Å². The Balaban J connectivity index is 2.05. The summed E-state index contributed by atoms with van der Waals surface area (Å²) in [5, 5.41) is 4.20. The van der Waals surface area contributed by atoms with Crippen LogP contribution < -0.4 is 10.1 Å². The van der Waals surface area contributed by atoms with E-state index in [0.29, 0.717) is 17.0 Å². The predicted molar refractivity (Wildman–Crippen MR) is 79.6 cm³/mol. The number of ether oxygens (including phenoxy) is 1. The minimum absolute atomic E-state index is 0.269. The van der Waals surface area contributed by atoms with Gasteiger partial charge in [0.2, 0.25) is 0 Å². The maximum absolute atomic E-state index is 13.7. The largest absolute Gasteiger partial charge is 0.494 e. The first-order valence-electron chi connectivity index (χ1n) is 6.92. The lowest BCUT2D eigenvalue weighted by Crippen LogP contribution is -2.38. The number of halogens is 1. The summed E-state index contributed by atoms with van der Waals surface area (Å²) >= 11 is 2.04. The molecule has 2 nitrogen and oxygen atoms in total. The maximum Gasteiger partial charge on any atom is 0.165 e. The fourth-order valence-electron chi connectivity index (χ4n) is 2.61. The zero-order valence-corrected chi connectivity index (χ0v) is 12.4. The first-order chi connectivity index (χ1) is 9.24. The number of likely N-dealkylation sites (N-methyl/N-ethyl adjacent to an activating group) is 1. The highest BCUT2D eigenvalue weighted by molar-refractivity contribution is 8.00. The van der Waals surface area contributed by atoms with Crippen molar-refractivity contribution >= 4 is 11.8 Å². The van der Waals surface area contributed by atoms with Crippen LogP contribution in [0.3, 0.4) is 0 Å². The molecule has 0 aromatic heterocycles. The summed E-state index contributed by atoms with van der Waals surface area (Å²) in [5.41, 5.74) is 1.04. The van der Waals surface area contributed by atoms with Gasteiger partial charge in [-0.2, -0.15) is 11.8 Å². The smallest absolute Gasteiger partial charge is 0.165 e. The van der Waals surface area contributed by atoms with Gasteiger partial charge in [0.15, 0.2) is 11.6 Å². The maximum atomic E-state index is 13.7. The fraction of sp³-hybridized carbons (Fsp3) is 0.600. The summed E-state index contributed by atoms with van der Waals surface area (Å²) in [6.07, 6.45) is 3.45. The van der Waals surface area contributed by atoms with Crippen LogP contribution in [0.2, 0.25) is 0 Å². The van der Waals surface area contributed by atoms with Crippen molar-refractivity contribution in [3.8, 4) is 5.75 Å². The van der Waals surface area contributed by atoms with Gasteiger partial charge in [0.05, 0.1) is 7.11 Å². The molecule has 0 radical (unpaired) electrons. The van der Waals surface area contributed by atoms with Crippen LogP contribution in [0, 0.1) is 5.82 Å². The number of methoxy groups -OCH3 is 1. The van der Waals surface area contributed by atoms with Crippen molar-refractivity contribution in [2.45, 2.75) is 37.5 Å². The van der Waals surface area contributed by atoms with Gasteiger partial charge < -0.3 is 10.1 Å². The van der Waals surface area contributed by atoms with Crippen molar-refractivity contribution in [2.24, 2.45) is 0 Å². The average molecular weight is 283 g/mol. The average Bonchev–Trinajstić information content (AvgIpc) is 2.92. The topological polar surface area (TPSA) is 21.3 Å². The molecule has 2 rings (SSSR count). The standard InChI is InChI=1S/C15H22FNOS/c1-3-17-13(15-5-4-8-19-15)10-11-6-7-14(18-2)12(16)9-11/h6-7,9,13,15,17H,3-5,8,10H2,1-2H3. The Bertz CT molecular complexity index is 407. The monoisotopic (exact) mass is 283 g/mol. The van der Waals surface area contributed by atoms with Crippen LogP contribution in [0.25, 0.3) is 0 Å². The predicted octanol–water partition coefficient (Wildman–Crippen LogP) is 3.25. The molecule has 1 aromatic rings. The molecule has 0 spiro atoms. The van der Waals surface area contributed by atoms with E-state index in [1.807, 2.05) is 17.8 Å². The summed E-state index contributed by atoms with van der Waals surface area (Å²) < 4.78 is 18.7. The van der Waals surface area contributed by atoms with E-state index < -0.39 is 0 Å². The lowest BCUT2D eigenvalue weighted by atomic mass is 10.0. The van der Waals surface area contributed by atoms with Crippen LogP contribution >= 0.6 is 11.8 Å². The van der Waals surface area contributed by atoms with Crippen molar-refractivity contribution in [1.82, 2.24) is 5.32 Å². The number of thioether (sulfide) groups is 1. The van der Waals surface area contributed by atoms with Crippen molar-refractivity contribution in [1.29, 1.82) is 0 Å². The van der Waals surface area contributed by atoms with Crippen LogP contribution in [-0.4, -0.2) is 30.7 Å². The highest BCUT2D eigenvalue weighted by atomic mass is 32.2. The molecule has 19 heavy (non-hydrogen) atoms. The van der Waals surface area contributed by atoms with Crippen LogP contribution in [0.15, 0.2) is 18.2 Å². The number of hydrogen-bond donors (Lipinski definition) is 1. The van der Waals surface area contributed by atoms with Crippen molar-refractivity contribution in [3.05, 3.63) is 29.6 Å². The quantitative estimate of drug-likeness (QED) is 0.866. The van der Waals surface area contributed by atoms with E-state index >= 15 is 0 Å². The molecule has 0 saturated carbocycles. The molecule has 1 aliphatic rings. The van der Waals surface area contributed by atoms with Crippen LogP contribution in [0.5, 0.6) is 5.75 Å². The zero-order valence-electron chi connectivity index (χ0n) is 11.6. The van der Waals surface area contributed by atoms with E-state index in [4.69, 9.17) is 4.74 Å². The van der Waals surface area contributed by atoms with Crippen LogP contribution in [-0.2, 0) is 6.42 Å². The summed E-state index contributed by atoms with van der Waals surface area (Å²) in [6.45, 7) is 3.08. The highest BCUT2D eigenvalue weighted by Crippen LogP contribution is 2.30. The van der Waals surface area contributed by atoms with Crippen molar-refractivity contribution in [2.75, 3.05) is 19.4 Å². The Morgan fingerprint density at radius 1 is 1.53 bits per heavy atom. The van der Waals surface area contributed by atoms with Gasteiger partial charge >= 0.3 is 0 Å². The first kappa shape index (κ1) is 14.7. The van der Waals surface area contributed by atoms with Gasteiger partial charge in [-0.25, -0.2) is 4.39 Å². The Kier molecular flexibility index (Phi) is 5.52. The molecule has 1 fully saturated rings. The fourth-order valence-corrected chi connectivity index (χ4v) is 4.00. The molecule has 0 aliphatic carbocycles. The molecule has 0 bridgehead atoms. The van der Waals surface area contributed by atoms with E-state index in [1.165, 1.54) is 25.7 Å². The second kappa shape index (κ2) is 7.15. The third-order valence-corrected chi connectivity index (χ3v) is 5.07. The Morgan fingerprint density at radius 3 is 2.95 bits per heavy atom. The third kappa shape index (κ3) is 3.86. The Labute approximate surface area is 119 Å². The normalized spacial score (nSPS) is 20.5. The Morgan fingerprint density at radius 2 is 2.37 bits per heavy atom. The first-order valence-corrected chi connectivity index (χ1v) is 7.97. The Hall–Kier alpha value is -0.740. The minimum atomic E-state index is -0.269. The molecule has 0 amide bonds. The molecule has 1 N–H and O–H groups in total. The van der Waals surface area contributed by atoms with Crippen molar-refractivity contribution < 1.29 is 9.13 Å². The SMILES string of the molecule is CCNC(Cc1ccc(OC)c(F)c1)C1CCCS1. The van der Waals surface area contributed by atoms with E-state index in [-0.39, 0.29) is 5.82 Å². The number of benzene rings is 1. The van der Waals surface area contributed by atoms with Gasteiger partial charge in [-0.15, -0.1) is 0 Å². The lowest BCUT2D eigenvalue weighted by molar-refractivity contribution is 0.385. The van der Waals surface area contributed by atoms with E-state index in [1.54, 1.807) is 12.1 Å². The van der Waals surface area contributed by atoms with E-state index in [2.05, 4.69) is 12.2 Å². The highest BCUT2D eigenvalue weighted by Gasteiger charge is 2.25. The lowest BCUT2D eigenvalue weighted by Gasteiger charge is -2.24. The molecule has 1 heterocycles. The summed E-state index contributed by atoms with van der Waals surface area (Å²) in [5.74, 6) is 1.30. The molecule has 2 atom stereocenters. The molecule has 1 aliphatic heterocycles. The molecule has 2 unspecified atom stereocenters. The van der Waals surface area contributed by atoms with Crippen LogP contribution in [0.1, 0.15) is 25.3 Å². The molecule has 4 heteroatoms. The van der Waals surface area contributed by atoms with Gasteiger partial charge in [-0.1, -0.05) is 13.0 Å². The molecule has 1 saturated heterocycles. The van der Waals surface area contributed by atoms with E-state index in [0.717, 1.165) is 18.5 Å². The second-order valence-electron chi connectivity index (χ2n) is 4.89. The molecule has 106 valence electrons. The van der Waals surface area contributed by atoms with Gasteiger partial charge in [0, 0.05) is 11.3 Å². The summed E-state index contributed by atoms with van der Waals surface area (Å²) in [6, 6.07) is 5.72. The van der Waals surface area contributed by atoms with Crippen LogP contribution in [0.4, 0.5) is 4.39 Å². The number of rotatable bonds is 6. The summed E-state index contributed by atoms with van der Waals surface area (Å²) in [4.78, 5) is 0. The minimum Gasteiger partial charge on any atom is -0.494 e. The number of hydrogen-bond acceptors (Lipinski definition) is 3. The molecular formula is C15H22FNOS. The van der Waals surface area contributed by atoms with Gasteiger partial charge in [0.1, 0.15) is 0 Å². The molecular weight excluding hydrogens is 261 g/mol. The van der Waals surface area contributed by atoms with Crippen molar-refractivity contribution in [3.63, 3.8) is 0 Å². The zero-order chi connectivity index (χ0) is 13.7. The number of nitrogens with one attached hydrogen (secondary N) is 1. The summed E-state index contributed by atoms with van der Waals surface area (Å²) in [7, 11) is 1.49. The molecule has 1 aromatic carbocycles. The van der Waals surface area contributed by atoms with Gasteiger partial charge in [-0.05, 0) is 49.3 Å².